The predicted molar refractivity (Wildman–Crippen MR) is 78.3 cm³/mol. The molecule has 22 heavy (non-hydrogen) atoms. The number of hydrogen-bond donors (Lipinski definition) is 2. The maximum absolute atomic E-state index is 12.1. The van der Waals surface area contributed by atoms with Gasteiger partial charge >= 0.3 is 5.97 Å². The lowest BCUT2D eigenvalue weighted by Crippen LogP contribution is -2.44. The van der Waals surface area contributed by atoms with Crippen LogP contribution >= 0.6 is 0 Å². The van der Waals surface area contributed by atoms with Gasteiger partial charge in [0, 0.05) is 0 Å². The summed E-state index contributed by atoms with van der Waals surface area (Å²) in [4.78, 5) is 23.5. The Bertz CT molecular complexity index is 636. The lowest BCUT2D eigenvalue weighted by molar-refractivity contribution is -0.155. The zero-order valence-corrected chi connectivity index (χ0v) is 13.4. The number of hydrogen-bond acceptors (Lipinski definition) is 6. The second kappa shape index (κ2) is 7.37. The van der Waals surface area contributed by atoms with Crippen LogP contribution in [-0.4, -0.2) is 38.1 Å². The van der Waals surface area contributed by atoms with Gasteiger partial charge in [-0.05, 0) is 32.9 Å². The number of aryl methyl sites for hydroxylation is 1. The monoisotopic (exact) mass is 329 g/mol. The largest absolute Gasteiger partial charge is 0.465 e. The van der Waals surface area contributed by atoms with Crippen LogP contribution in [0.3, 0.4) is 0 Å². The molecule has 0 aliphatic rings. The molecule has 1 aromatic carbocycles. The van der Waals surface area contributed by atoms with E-state index in [-0.39, 0.29) is 11.5 Å². The first kappa shape index (κ1) is 18.1. The van der Waals surface area contributed by atoms with Crippen molar-refractivity contribution in [3.8, 4) is 0 Å². The molecule has 2 unspecified atom stereocenters. The van der Waals surface area contributed by atoms with Gasteiger partial charge in [0.2, 0.25) is 0 Å². The summed E-state index contributed by atoms with van der Waals surface area (Å²) in [6, 6.07) is 5.84. The summed E-state index contributed by atoms with van der Waals surface area (Å²) in [5.74, 6) is -3.72. The molecule has 2 atom stereocenters. The first-order valence-corrected chi connectivity index (χ1v) is 8.15. The van der Waals surface area contributed by atoms with Crippen LogP contribution in [0.2, 0.25) is 0 Å². The fraction of sp³-hybridized carbons (Fsp3) is 0.429. The van der Waals surface area contributed by atoms with Gasteiger partial charge in [-0.15, -0.1) is 0 Å². The van der Waals surface area contributed by atoms with Crippen molar-refractivity contribution >= 4 is 21.9 Å². The minimum Gasteiger partial charge on any atom is -0.465 e. The standard InChI is InChI=1S/C14H19NO6S/c1-4-21-14(18)12(10(3)16)13(17)15-22(19,20)11-7-5-9(2)6-8-11/h5-8,10,12,16H,4H2,1-3H3,(H,15,17). The number of carbonyl (C=O) groups excluding carboxylic acids is 2. The normalized spacial score (nSPS) is 14.0. The zero-order chi connectivity index (χ0) is 16.9. The molecular weight excluding hydrogens is 310 g/mol. The number of aliphatic hydroxyl groups excluding tert-OH is 1. The SMILES string of the molecule is CCOC(=O)C(C(=O)NS(=O)(=O)c1ccc(C)cc1)C(C)O. The molecule has 2 N–H and O–H groups in total. The Balaban J connectivity index is 2.97. The molecule has 122 valence electrons. The molecule has 0 radical (unpaired) electrons. The summed E-state index contributed by atoms with van der Waals surface area (Å²) in [5.41, 5.74) is 0.860. The summed E-state index contributed by atoms with van der Waals surface area (Å²) >= 11 is 0. The lowest BCUT2D eigenvalue weighted by Gasteiger charge is -2.17. The van der Waals surface area contributed by atoms with E-state index in [1.54, 1.807) is 23.8 Å². The van der Waals surface area contributed by atoms with Crippen LogP contribution in [0.5, 0.6) is 0 Å². The van der Waals surface area contributed by atoms with E-state index in [9.17, 15) is 23.1 Å². The highest BCUT2D eigenvalue weighted by atomic mass is 32.2. The molecule has 1 amide bonds. The number of esters is 1. The highest BCUT2D eigenvalue weighted by Gasteiger charge is 2.35. The fourth-order valence-electron chi connectivity index (χ4n) is 1.73. The first-order chi connectivity index (χ1) is 10.2. The van der Waals surface area contributed by atoms with E-state index in [0.717, 1.165) is 5.56 Å². The molecule has 8 heteroatoms. The molecule has 1 rings (SSSR count). The summed E-state index contributed by atoms with van der Waals surface area (Å²) in [6.07, 6.45) is -1.38. The molecule has 0 bridgehead atoms. The van der Waals surface area contributed by atoms with Crippen molar-refractivity contribution in [2.24, 2.45) is 5.92 Å². The van der Waals surface area contributed by atoms with E-state index in [0.29, 0.717) is 0 Å². The van der Waals surface area contributed by atoms with Crippen molar-refractivity contribution in [3.05, 3.63) is 29.8 Å². The highest BCUT2D eigenvalue weighted by molar-refractivity contribution is 7.90. The Morgan fingerprint density at radius 1 is 1.27 bits per heavy atom. The molecule has 1 aromatic rings. The quantitative estimate of drug-likeness (QED) is 0.576. The Hall–Kier alpha value is -1.93. The predicted octanol–water partition coefficient (Wildman–Crippen LogP) is 0.360. The molecule has 0 aliphatic heterocycles. The van der Waals surface area contributed by atoms with Crippen molar-refractivity contribution in [3.63, 3.8) is 0 Å². The van der Waals surface area contributed by atoms with Gasteiger partial charge in [-0.25, -0.2) is 13.1 Å². The van der Waals surface area contributed by atoms with E-state index in [1.807, 2.05) is 0 Å². The average Bonchev–Trinajstić information content (AvgIpc) is 2.38. The topological polar surface area (TPSA) is 110 Å². The molecule has 0 heterocycles. The van der Waals surface area contributed by atoms with E-state index >= 15 is 0 Å². The maximum Gasteiger partial charge on any atom is 0.321 e. The number of carbonyl (C=O) groups is 2. The number of amides is 1. The minimum absolute atomic E-state index is 0.0139. The van der Waals surface area contributed by atoms with Crippen LogP contribution in [0, 0.1) is 12.8 Å². The van der Waals surface area contributed by atoms with Gasteiger partial charge in [-0.3, -0.25) is 9.59 Å². The molecule has 0 aromatic heterocycles. The van der Waals surface area contributed by atoms with E-state index < -0.39 is 33.9 Å². The molecular formula is C14H19NO6S. The van der Waals surface area contributed by atoms with Crippen molar-refractivity contribution in [1.82, 2.24) is 4.72 Å². The van der Waals surface area contributed by atoms with Gasteiger partial charge in [0.05, 0.1) is 17.6 Å². The zero-order valence-electron chi connectivity index (χ0n) is 12.6. The van der Waals surface area contributed by atoms with Crippen LogP contribution in [0.25, 0.3) is 0 Å². The fourth-order valence-corrected chi connectivity index (χ4v) is 2.73. The molecule has 0 spiro atoms. The smallest absolute Gasteiger partial charge is 0.321 e. The third kappa shape index (κ3) is 4.54. The van der Waals surface area contributed by atoms with Crippen LogP contribution in [0.15, 0.2) is 29.2 Å². The Kier molecular flexibility index (Phi) is 6.07. The van der Waals surface area contributed by atoms with Crippen molar-refractivity contribution < 1.29 is 27.9 Å². The van der Waals surface area contributed by atoms with Crippen molar-refractivity contribution in [1.29, 1.82) is 0 Å². The summed E-state index contributed by atoms with van der Waals surface area (Å²) in [6.45, 7) is 4.55. The minimum atomic E-state index is -4.12. The van der Waals surface area contributed by atoms with Crippen LogP contribution < -0.4 is 4.72 Å². The average molecular weight is 329 g/mol. The third-order valence-corrected chi connectivity index (χ3v) is 4.23. The van der Waals surface area contributed by atoms with E-state index in [4.69, 9.17) is 0 Å². The van der Waals surface area contributed by atoms with Gasteiger partial charge in [-0.2, -0.15) is 0 Å². The molecule has 0 saturated carbocycles. The van der Waals surface area contributed by atoms with Gasteiger partial charge < -0.3 is 9.84 Å². The van der Waals surface area contributed by atoms with E-state index in [2.05, 4.69) is 4.74 Å². The Labute approximate surface area is 129 Å². The van der Waals surface area contributed by atoms with Gasteiger partial charge in [0.1, 0.15) is 0 Å². The van der Waals surface area contributed by atoms with Crippen LogP contribution in [0.1, 0.15) is 19.4 Å². The van der Waals surface area contributed by atoms with Gasteiger partial charge in [0.25, 0.3) is 15.9 Å². The van der Waals surface area contributed by atoms with Crippen molar-refractivity contribution in [2.45, 2.75) is 31.8 Å². The number of sulfonamides is 1. The second-order valence-electron chi connectivity index (χ2n) is 4.75. The summed E-state index contributed by atoms with van der Waals surface area (Å²) in [7, 11) is -4.12. The molecule has 0 aliphatic carbocycles. The maximum atomic E-state index is 12.1. The Morgan fingerprint density at radius 3 is 2.27 bits per heavy atom. The molecule has 7 nitrogen and oxygen atoms in total. The summed E-state index contributed by atoms with van der Waals surface area (Å²) < 4.78 is 30.6. The Morgan fingerprint density at radius 2 is 1.82 bits per heavy atom. The van der Waals surface area contributed by atoms with Crippen molar-refractivity contribution in [2.75, 3.05) is 6.61 Å². The third-order valence-electron chi connectivity index (χ3n) is 2.87. The van der Waals surface area contributed by atoms with Crippen LogP contribution in [0.4, 0.5) is 0 Å². The van der Waals surface area contributed by atoms with Crippen LogP contribution in [-0.2, 0) is 24.3 Å². The van der Waals surface area contributed by atoms with Gasteiger partial charge in [0.15, 0.2) is 5.92 Å². The number of rotatable bonds is 6. The second-order valence-corrected chi connectivity index (χ2v) is 6.44. The summed E-state index contributed by atoms with van der Waals surface area (Å²) in [5, 5.41) is 9.53. The number of nitrogens with one attached hydrogen (secondary N) is 1. The highest BCUT2D eigenvalue weighted by Crippen LogP contribution is 2.13. The molecule has 0 saturated heterocycles. The first-order valence-electron chi connectivity index (χ1n) is 6.67. The number of benzene rings is 1. The molecule has 0 fully saturated rings. The van der Waals surface area contributed by atoms with E-state index in [1.165, 1.54) is 26.0 Å². The number of aliphatic hydroxyl groups is 1. The lowest BCUT2D eigenvalue weighted by atomic mass is 10.0. The van der Waals surface area contributed by atoms with Gasteiger partial charge in [-0.1, -0.05) is 17.7 Å². The number of ether oxygens (including phenoxy) is 1.